The molecule has 3 aromatic carbocycles. The van der Waals surface area contributed by atoms with E-state index in [9.17, 15) is 13.2 Å². The number of amides is 1. The highest BCUT2D eigenvalue weighted by molar-refractivity contribution is 7.89. The van der Waals surface area contributed by atoms with Crippen LogP contribution in [0.5, 0.6) is 11.5 Å². The molecule has 0 saturated heterocycles. The van der Waals surface area contributed by atoms with Crippen LogP contribution in [0.15, 0.2) is 71.6 Å². The summed E-state index contributed by atoms with van der Waals surface area (Å²) in [6.45, 7) is 8.98. The fourth-order valence-electron chi connectivity index (χ4n) is 3.43. The van der Waals surface area contributed by atoms with E-state index in [4.69, 9.17) is 14.6 Å². The van der Waals surface area contributed by atoms with Gasteiger partial charge in [-0.1, -0.05) is 39.0 Å². The molecule has 7 nitrogen and oxygen atoms in total. The van der Waals surface area contributed by atoms with Gasteiger partial charge in [0.05, 0.1) is 11.5 Å². The zero-order valence-electron chi connectivity index (χ0n) is 19.8. The minimum atomic E-state index is -3.80. The highest BCUT2D eigenvalue weighted by atomic mass is 32.2. The number of primary sulfonamides is 1. The average molecular weight is 483 g/mol. The molecule has 0 bridgehead atoms. The van der Waals surface area contributed by atoms with Crippen LogP contribution in [-0.4, -0.2) is 20.9 Å². The average Bonchev–Trinajstić information content (AvgIpc) is 2.78. The molecule has 0 heterocycles. The number of carbonyl (C=O) groups is 1. The molecule has 180 valence electrons. The van der Waals surface area contributed by atoms with Crippen molar-refractivity contribution in [2.75, 3.05) is 11.9 Å². The van der Waals surface area contributed by atoms with Gasteiger partial charge in [-0.3, -0.25) is 4.79 Å². The molecule has 3 rings (SSSR count). The van der Waals surface area contributed by atoms with Crippen LogP contribution in [0.3, 0.4) is 0 Å². The predicted octanol–water partition coefficient (Wildman–Crippen LogP) is 4.86. The molecule has 0 atom stereocenters. The summed E-state index contributed by atoms with van der Waals surface area (Å²) in [6, 6.07) is 18.7. The van der Waals surface area contributed by atoms with Crippen molar-refractivity contribution in [1.29, 1.82) is 0 Å². The van der Waals surface area contributed by atoms with E-state index in [0.29, 0.717) is 23.6 Å². The molecular formula is C26H30N2O5S. The van der Waals surface area contributed by atoms with Gasteiger partial charge in [0.2, 0.25) is 10.0 Å². The summed E-state index contributed by atoms with van der Waals surface area (Å²) in [5.74, 6) is 1.08. The number of benzene rings is 3. The summed E-state index contributed by atoms with van der Waals surface area (Å²) in [6.07, 6.45) is 0. The molecule has 8 heteroatoms. The second kappa shape index (κ2) is 10.3. The molecule has 0 aliphatic carbocycles. The van der Waals surface area contributed by atoms with Crippen molar-refractivity contribution >= 4 is 21.6 Å². The number of nitrogens with one attached hydrogen (secondary N) is 1. The Morgan fingerprint density at radius 1 is 0.941 bits per heavy atom. The van der Waals surface area contributed by atoms with Crippen molar-refractivity contribution in [2.45, 2.75) is 44.6 Å². The molecular weight excluding hydrogens is 452 g/mol. The van der Waals surface area contributed by atoms with Crippen molar-refractivity contribution < 1.29 is 22.7 Å². The van der Waals surface area contributed by atoms with E-state index in [1.807, 2.05) is 31.2 Å². The van der Waals surface area contributed by atoms with Gasteiger partial charge < -0.3 is 14.8 Å². The monoisotopic (exact) mass is 482 g/mol. The maximum atomic E-state index is 12.8. The van der Waals surface area contributed by atoms with Gasteiger partial charge in [-0.2, -0.15) is 0 Å². The number of hydrogen-bond donors (Lipinski definition) is 2. The molecule has 3 aromatic rings. The van der Waals surface area contributed by atoms with Gasteiger partial charge in [0.25, 0.3) is 5.91 Å². The first-order chi connectivity index (χ1) is 16.0. The number of ether oxygens (including phenoxy) is 2. The Morgan fingerprint density at radius 3 is 2.24 bits per heavy atom. The molecule has 0 radical (unpaired) electrons. The van der Waals surface area contributed by atoms with E-state index < -0.39 is 10.0 Å². The first-order valence-electron chi connectivity index (χ1n) is 10.9. The predicted molar refractivity (Wildman–Crippen MR) is 133 cm³/mol. The van der Waals surface area contributed by atoms with Crippen molar-refractivity contribution in [3.05, 3.63) is 83.4 Å². The highest BCUT2D eigenvalue weighted by Gasteiger charge is 2.19. The summed E-state index contributed by atoms with van der Waals surface area (Å²) >= 11 is 0. The lowest BCUT2D eigenvalue weighted by molar-refractivity contribution is 0.102. The smallest absolute Gasteiger partial charge is 0.255 e. The first-order valence-corrected chi connectivity index (χ1v) is 12.5. The zero-order valence-corrected chi connectivity index (χ0v) is 20.6. The standard InChI is InChI=1S/C26H30N2O5S/c1-5-32-23-15-10-18(25(29)28-20-11-13-21(14-12-20)34(27,30)31)16-19(23)17-33-24-9-7-6-8-22(24)26(2,3)4/h6-16H,5,17H2,1-4H3,(H,28,29)(H2,27,30,31). The van der Waals surface area contributed by atoms with Crippen LogP contribution in [0.2, 0.25) is 0 Å². The van der Waals surface area contributed by atoms with E-state index >= 15 is 0 Å². The summed E-state index contributed by atoms with van der Waals surface area (Å²) in [7, 11) is -3.80. The number of sulfonamides is 1. The van der Waals surface area contributed by atoms with Crippen LogP contribution in [0, 0.1) is 0 Å². The van der Waals surface area contributed by atoms with Gasteiger partial charge in [0.1, 0.15) is 18.1 Å². The van der Waals surface area contributed by atoms with Gasteiger partial charge in [-0.05, 0) is 66.4 Å². The molecule has 0 unspecified atom stereocenters. The Bertz CT molecular complexity index is 1260. The van der Waals surface area contributed by atoms with Crippen LogP contribution in [0.25, 0.3) is 0 Å². The molecule has 0 spiro atoms. The molecule has 0 fully saturated rings. The number of hydrogen-bond acceptors (Lipinski definition) is 5. The third kappa shape index (κ3) is 6.36. The van der Waals surface area contributed by atoms with Crippen LogP contribution >= 0.6 is 0 Å². The second-order valence-electron chi connectivity index (χ2n) is 8.81. The number of anilines is 1. The van der Waals surface area contributed by atoms with Crippen molar-refractivity contribution in [1.82, 2.24) is 0 Å². The van der Waals surface area contributed by atoms with Crippen molar-refractivity contribution in [3.8, 4) is 11.5 Å². The maximum absolute atomic E-state index is 12.8. The molecule has 1 amide bonds. The fourth-order valence-corrected chi connectivity index (χ4v) is 3.94. The minimum Gasteiger partial charge on any atom is -0.493 e. The minimum absolute atomic E-state index is 0.0264. The van der Waals surface area contributed by atoms with Gasteiger partial charge in [0.15, 0.2) is 0 Å². The van der Waals surface area contributed by atoms with Gasteiger partial charge in [-0.15, -0.1) is 0 Å². The van der Waals surface area contributed by atoms with Gasteiger partial charge in [-0.25, -0.2) is 13.6 Å². The van der Waals surface area contributed by atoms with Crippen LogP contribution in [-0.2, 0) is 22.0 Å². The molecule has 0 aliphatic rings. The topological polar surface area (TPSA) is 108 Å². The summed E-state index contributed by atoms with van der Waals surface area (Å²) in [5.41, 5.74) is 2.61. The lowest BCUT2D eigenvalue weighted by Gasteiger charge is -2.23. The van der Waals surface area contributed by atoms with Crippen LogP contribution in [0.4, 0.5) is 5.69 Å². The summed E-state index contributed by atoms with van der Waals surface area (Å²) < 4.78 is 34.7. The molecule has 0 aromatic heterocycles. The van der Waals surface area contributed by atoms with E-state index in [-0.39, 0.29) is 22.8 Å². The van der Waals surface area contributed by atoms with Crippen molar-refractivity contribution in [2.24, 2.45) is 5.14 Å². The second-order valence-corrected chi connectivity index (χ2v) is 10.4. The molecule has 34 heavy (non-hydrogen) atoms. The Labute approximate surface area is 201 Å². The normalized spacial score (nSPS) is 11.7. The van der Waals surface area contributed by atoms with Crippen molar-refractivity contribution in [3.63, 3.8) is 0 Å². The Morgan fingerprint density at radius 2 is 1.62 bits per heavy atom. The SMILES string of the molecule is CCOc1ccc(C(=O)Nc2ccc(S(N)(=O)=O)cc2)cc1COc1ccccc1C(C)(C)C. The molecule has 0 saturated carbocycles. The Balaban J connectivity index is 1.81. The number of carbonyl (C=O) groups excluding carboxylic acids is 1. The van der Waals surface area contributed by atoms with E-state index in [1.165, 1.54) is 24.3 Å². The third-order valence-electron chi connectivity index (χ3n) is 5.14. The maximum Gasteiger partial charge on any atom is 0.255 e. The Kier molecular flexibility index (Phi) is 7.64. The zero-order chi connectivity index (χ0) is 24.9. The Hall–Kier alpha value is -3.36. The molecule has 0 aliphatic heterocycles. The van der Waals surface area contributed by atoms with Gasteiger partial charge >= 0.3 is 0 Å². The van der Waals surface area contributed by atoms with E-state index in [2.05, 4.69) is 26.1 Å². The quantitative estimate of drug-likeness (QED) is 0.477. The first kappa shape index (κ1) is 25.3. The lowest BCUT2D eigenvalue weighted by atomic mass is 9.86. The lowest BCUT2D eigenvalue weighted by Crippen LogP contribution is -2.15. The number of rotatable bonds is 8. The van der Waals surface area contributed by atoms with E-state index in [0.717, 1.165) is 16.9 Å². The summed E-state index contributed by atoms with van der Waals surface area (Å²) in [4.78, 5) is 12.8. The van der Waals surface area contributed by atoms with Crippen LogP contribution in [0.1, 0.15) is 49.2 Å². The third-order valence-corrected chi connectivity index (χ3v) is 6.07. The fraction of sp³-hybridized carbons (Fsp3) is 0.269. The summed E-state index contributed by atoms with van der Waals surface area (Å²) in [5, 5.41) is 7.88. The van der Waals surface area contributed by atoms with E-state index in [1.54, 1.807) is 18.2 Å². The largest absolute Gasteiger partial charge is 0.493 e. The van der Waals surface area contributed by atoms with Crippen LogP contribution < -0.4 is 19.9 Å². The number of para-hydroxylation sites is 1. The van der Waals surface area contributed by atoms with Gasteiger partial charge in [0, 0.05) is 16.8 Å². The molecule has 3 N–H and O–H groups in total. The highest BCUT2D eigenvalue weighted by Crippen LogP contribution is 2.32. The number of nitrogens with two attached hydrogens (primary N) is 1.